The number of benzene rings is 1. The minimum Gasteiger partial charge on any atom is -0.385 e. The minimum absolute atomic E-state index is 0.0301. The number of carbonyl (C=O) groups is 1. The van der Waals surface area contributed by atoms with Gasteiger partial charge in [0.1, 0.15) is 5.71 Å². The first-order valence-corrected chi connectivity index (χ1v) is 4.39. The van der Waals surface area contributed by atoms with Crippen LogP contribution in [0.25, 0.3) is 0 Å². The number of Topliss-reactive ketones (excluding diaryl/α,β-unsaturated/α-hetero) is 1. The Hall–Kier alpha value is -1.90. The molecule has 2 rings (SSSR count). The maximum absolute atomic E-state index is 11.8. The highest BCUT2D eigenvalue weighted by molar-refractivity contribution is 6.52. The van der Waals surface area contributed by atoms with Crippen molar-refractivity contribution in [1.29, 1.82) is 0 Å². The molecule has 1 heterocycles. The number of aliphatic imine (C=N–C) groups is 1. The van der Waals surface area contributed by atoms with Gasteiger partial charge in [-0.2, -0.15) is 0 Å². The van der Waals surface area contributed by atoms with Gasteiger partial charge in [0.25, 0.3) is 0 Å². The van der Waals surface area contributed by atoms with Crippen LogP contribution in [0.1, 0.15) is 10.4 Å². The van der Waals surface area contributed by atoms with Crippen LogP contribution in [0.3, 0.4) is 0 Å². The fraction of sp³-hybridized carbons (Fsp3) is 0.0909. The van der Waals surface area contributed by atoms with Gasteiger partial charge in [-0.25, -0.2) is 4.99 Å². The number of hydrogen-bond donors (Lipinski definition) is 1. The number of nitrogens with one attached hydrogen (secondary N) is 1. The maximum Gasteiger partial charge on any atom is 0.213 e. The summed E-state index contributed by atoms with van der Waals surface area (Å²) in [6, 6.07) is 9.14. The Bertz CT molecular complexity index is 418. The number of rotatable bonds is 3. The summed E-state index contributed by atoms with van der Waals surface area (Å²) in [6.07, 6.45) is 1.65. The third kappa shape index (κ3) is 1.33. The smallest absolute Gasteiger partial charge is 0.213 e. The summed E-state index contributed by atoms with van der Waals surface area (Å²) in [4.78, 5) is 15.7. The summed E-state index contributed by atoms with van der Waals surface area (Å²) >= 11 is 0. The van der Waals surface area contributed by atoms with Gasteiger partial charge in [-0.15, -0.1) is 0 Å². The molecule has 14 heavy (non-hydrogen) atoms. The third-order valence-electron chi connectivity index (χ3n) is 2.10. The predicted molar refractivity (Wildman–Crippen MR) is 55.4 cm³/mol. The van der Waals surface area contributed by atoms with Crippen molar-refractivity contribution in [2.24, 2.45) is 4.99 Å². The zero-order valence-electron chi connectivity index (χ0n) is 7.82. The molecule has 1 aromatic rings. The molecule has 0 saturated carbocycles. The van der Waals surface area contributed by atoms with Crippen LogP contribution < -0.4 is 5.32 Å². The summed E-state index contributed by atoms with van der Waals surface area (Å²) in [5.74, 6) is -0.0301. The first-order valence-electron chi connectivity index (χ1n) is 4.39. The van der Waals surface area contributed by atoms with Gasteiger partial charge >= 0.3 is 0 Å². The van der Waals surface area contributed by atoms with Crippen molar-refractivity contribution in [3.8, 4) is 0 Å². The van der Waals surface area contributed by atoms with Crippen molar-refractivity contribution in [2.45, 2.75) is 0 Å². The summed E-state index contributed by atoms with van der Waals surface area (Å²) in [6.45, 7) is 0. The highest BCUT2D eigenvalue weighted by Crippen LogP contribution is 2.12. The van der Waals surface area contributed by atoms with Crippen LogP contribution in [0, 0.1) is 0 Å². The van der Waals surface area contributed by atoms with E-state index in [-0.39, 0.29) is 5.78 Å². The Balaban J connectivity index is 2.19. The van der Waals surface area contributed by atoms with Crippen LogP contribution in [0.2, 0.25) is 0 Å². The topological polar surface area (TPSA) is 41.5 Å². The molecular formula is C11H10N2O. The molecule has 0 fully saturated rings. The Kier molecular flexibility index (Phi) is 2.14. The van der Waals surface area contributed by atoms with E-state index in [0.717, 1.165) is 5.70 Å². The van der Waals surface area contributed by atoms with Crippen LogP contribution in [0.4, 0.5) is 0 Å². The third-order valence-corrected chi connectivity index (χ3v) is 2.10. The van der Waals surface area contributed by atoms with E-state index in [1.165, 1.54) is 0 Å². The Morgan fingerprint density at radius 1 is 1.29 bits per heavy atom. The van der Waals surface area contributed by atoms with Gasteiger partial charge < -0.3 is 5.32 Å². The lowest BCUT2D eigenvalue weighted by atomic mass is 10.0. The molecule has 1 aliphatic rings. The molecule has 70 valence electrons. The van der Waals surface area contributed by atoms with E-state index < -0.39 is 0 Å². The van der Waals surface area contributed by atoms with Crippen molar-refractivity contribution in [3.63, 3.8) is 0 Å². The van der Waals surface area contributed by atoms with Gasteiger partial charge in [-0.3, -0.25) is 4.79 Å². The summed E-state index contributed by atoms with van der Waals surface area (Å²) in [5, 5.41) is 2.91. The lowest BCUT2D eigenvalue weighted by Gasteiger charge is -2.14. The van der Waals surface area contributed by atoms with Gasteiger partial charge in [0.15, 0.2) is 0 Å². The molecule has 0 bridgehead atoms. The molecule has 1 aliphatic heterocycles. The molecule has 0 unspecified atom stereocenters. The second kappa shape index (κ2) is 3.46. The van der Waals surface area contributed by atoms with Crippen molar-refractivity contribution in [2.75, 3.05) is 7.05 Å². The molecule has 0 aliphatic carbocycles. The first kappa shape index (κ1) is 8.69. The fourth-order valence-electron chi connectivity index (χ4n) is 1.28. The largest absolute Gasteiger partial charge is 0.385 e. The molecule has 3 heteroatoms. The lowest BCUT2D eigenvalue weighted by molar-refractivity contribution is 0.106. The fourth-order valence-corrected chi connectivity index (χ4v) is 1.28. The Labute approximate surface area is 82.2 Å². The number of ketones is 1. The van der Waals surface area contributed by atoms with Gasteiger partial charge in [0.05, 0.1) is 11.9 Å². The van der Waals surface area contributed by atoms with E-state index in [1.54, 1.807) is 25.4 Å². The minimum atomic E-state index is -0.0301. The van der Waals surface area contributed by atoms with Crippen LogP contribution in [-0.4, -0.2) is 18.5 Å². The second-order valence-corrected chi connectivity index (χ2v) is 2.97. The molecule has 0 radical (unpaired) electrons. The zero-order valence-corrected chi connectivity index (χ0v) is 7.82. The van der Waals surface area contributed by atoms with E-state index in [0.29, 0.717) is 11.3 Å². The van der Waals surface area contributed by atoms with Crippen LogP contribution in [0.15, 0.2) is 47.2 Å². The van der Waals surface area contributed by atoms with E-state index in [1.807, 2.05) is 18.2 Å². The predicted octanol–water partition coefficient (Wildman–Crippen LogP) is 1.38. The number of allylic oxidation sites excluding steroid dienone is 1. The Morgan fingerprint density at radius 3 is 2.50 bits per heavy atom. The number of nitrogens with zero attached hydrogens (tertiary/aromatic N) is 1. The first-order chi connectivity index (χ1) is 6.83. The molecule has 0 aromatic heterocycles. The molecule has 0 spiro atoms. The van der Waals surface area contributed by atoms with Crippen LogP contribution in [-0.2, 0) is 0 Å². The molecule has 1 aromatic carbocycles. The number of carbonyl (C=O) groups excluding carboxylic acids is 1. The van der Waals surface area contributed by atoms with Crippen molar-refractivity contribution < 1.29 is 4.79 Å². The van der Waals surface area contributed by atoms with Crippen molar-refractivity contribution >= 4 is 11.5 Å². The standard InChI is InChI=1S/C11H10N2O/c1-12-9-7-13-10(9)11(14)8-5-3-2-4-6-8/h2-7,12H,1H3. The molecule has 0 amide bonds. The molecule has 1 N–H and O–H groups in total. The quantitative estimate of drug-likeness (QED) is 0.724. The van der Waals surface area contributed by atoms with Gasteiger partial charge in [0, 0.05) is 12.6 Å². The zero-order chi connectivity index (χ0) is 9.97. The SMILES string of the molecule is CNC1=CN=C1C(=O)c1ccccc1. The maximum atomic E-state index is 11.8. The van der Waals surface area contributed by atoms with Gasteiger partial charge in [-0.1, -0.05) is 30.3 Å². The summed E-state index contributed by atoms with van der Waals surface area (Å²) in [5.41, 5.74) is 1.99. The Morgan fingerprint density at radius 2 is 2.00 bits per heavy atom. The van der Waals surface area contributed by atoms with Gasteiger partial charge in [0.2, 0.25) is 5.78 Å². The molecular weight excluding hydrogens is 176 g/mol. The monoisotopic (exact) mass is 186 g/mol. The summed E-state index contributed by atoms with van der Waals surface area (Å²) in [7, 11) is 1.78. The van der Waals surface area contributed by atoms with Crippen LogP contribution in [0.5, 0.6) is 0 Å². The highest BCUT2D eigenvalue weighted by Gasteiger charge is 2.21. The lowest BCUT2D eigenvalue weighted by Crippen LogP contribution is -2.28. The van der Waals surface area contributed by atoms with E-state index in [2.05, 4.69) is 10.3 Å². The van der Waals surface area contributed by atoms with Crippen LogP contribution >= 0.6 is 0 Å². The van der Waals surface area contributed by atoms with Gasteiger partial charge in [-0.05, 0) is 0 Å². The van der Waals surface area contributed by atoms with E-state index >= 15 is 0 Å². The summed E-state index contributed by atoms with van der Waals surface area (Å²) < 4.78 is 0. The normalized spacial score (nSPS) is 13.8. The second-order valence-electron chi connectivity index (χ2n) is 2.97. The molecule has 3 nitrogen and oxygen atoms in total. The van der Waals surface area contributed by atoms with Crippen molar-refractivity contribution in [3.05, 3.63) is 47.8 Å². The highest BCUT2D eigenvalue weighted by atomic mass is 16.1. The molecule has 0 saturated heterocycles. The van der Waals surface area contributed by atoms with Crippen molar-refractivity contribution in [1.82, 2.24) is 5.32 Å². The molecule has 0 atom stereocenters. The van der Waals surface area contributed by atoms with E-state index in [4.69, 9.17) is 0 Å². The van der Waals surface area contributed by atoms with E-state index in [9.17, 15) is 4.79 Å². The average Bonchev–Trinajstić information content (AvgIpc) is 2.18. The average molecular weight is 186 g/mol. The number of hydrogen-bond acceptors (Lipinski definition) is 3.